The van der Waals surface area contributed by atoms with Gasteiger partial charge in [-0.3, -0.25) is 13.8 Å². The number of halogens is 1. The van der Waals surface area contributed by atoms with Gasteiger partial charge < -0.3 is 4.74 Å². The molecule has 0 aliphatic rings. The third-order valence-electron chi connectivity index (χ3n) is 5.30. The first-order chi connectivity index (χ1) is 16.5. The predicted molar refractivity (Wildman–Crippen MR) is 134 cm³/mol. The van der Waals surface area contributed by atoms with E-state index >= 15 is 0 Å². The Kier molecular flexibility index (Phi) is 6.08. The Labute approximate surface area is 205 Å². The highest BCUT2D eigenvalue weighted by Crippen LogP contribution is 2.34. The van der Waals surface area contributed by atoms with Crippen LogP contribution in [0.25, 0.3) is 22.7 Å². The summed E-state index contributed by atoms with van der Waals surface area (Å²) in [5, 5.41) is 10.1. The van der Waals surface area contributed by atoms with Crippen molar-refractivity contribution >= 4 is 29.0 Å². The third kappa shape index (κ3) is 4.30. The minimum absolute atomic E-state index is 0.183. The van der Waals surface area contributed by atoms with Crippen LogP contribution in [0.15, 0.2) is 82.9 Å². The van der Waals surface area contributed by atoms with E-state index in [1.807, 2.05) is 60.0 Å². The fourth-order valence-electron chi connectivity index (χ4n) is 3.63. The summed E-state index contributed by atoms with van der Waals surface area (Å²) in [6.45, 7) is 2.05. The Balaban J connectivity index is 1.55. The number of benzene rings is 2. The Morgan fingerprint density at radius 2 is 1.82 bits per heavy atom. The number of methoxy groups -OCH3 is 1. The van der Waals surface area contributed by atoms with Gasteiger partial charge in [-0.05, 0) is 43.3 Å². The number of pyridine rings is 1. The van der Waals surface area contributed by atoms with Crippen LogP contribution in [0.2, 0.25) is 5.02 Å². The lowest BCUT2D eigenvalue weighted by atomic mass is 10.1. The first-order valence-electron chi connectivity index (χ1n) is 10.5. The summed E-state index contributed by atoms with van der Waals surface area (Å²) in [5.41, 5.74) is 3.93. The van der Waals surface area contributed by atoms with Crippen LogP contribution >= 0.6 is 23.4 Å². The summed E-state index contributed by atoms with van der Waals surface area (Å²) in [5.74, 6) is 1.83. The zero-order chi connectivity index (χ0) is 23.7. The van der Waals surface area contributed by atoms with Crippen LogP contribution in [0.1, 0.15) is 11.3 Å². The van der Waals surface area contributed by atoms with E-state index < -0.39 is 0 Å². The summed E-state index contributed by atoms with van der Waals surface area (Å²) in [7, 11) is 1.64. The molecule has 7 nitrogen and oxygen atoms in total. The summed E-state index contributed by atoms with van der Waals surface area (Å²) in [6.07, 6.45) is 1.57. The second-order valence-electron chi connectivity index (χ2n) is 7.63. The number of hydrogen-bond donors (Lipinski definition) is 0. The van der Waals surface area contributed by atoms with E-state index in [4.69, 9.17) is 16.3 Å². The van der Waals surface area contributed by atoms with Gasteiger partial charge in [0.25, 0.3) is 5.56 Å². The van der Waals surface area contributed by atoms with Gasteiger partial charge in [-0.1, -0.05) is 53.2 Å². The third-order valence-corrected chi connectivity index (χ3v) is 6.49. The highest BCUT2D eigenvalue weighted by molar-refractivity contribution is 7.98. The van der Waals surface area contributed by atoms with Crippen molar-refractivity contribution in [3.05, 3.63) is 99.6 Å². The largest absolute Gasteiger partial charge is 0.496 e. The zero-order valence-corrected chi connectivity index (χ0v) is 20.0. The molecule has 2 aromatic carbocycles. The molecule has 170 valence electrons. The molecule has 3 heterocycles. The quantitative estimate of drug-likeness (QED) is 0.305. The van der Waals surface area contributed by atoms with Crippen molar-refractivity contribution in [3.63, 3.8) is 0 Å². The van der Waals surface area contributed by atoms with E-state index in [2.05, 4.69) is 15.2 Å². The van der Waals surface area contributed by atoms with Gasteiger partial charge in [0.2, 0.25) is 0 Å². The first-order valence-corrected chi connectivity index (χ1v) is 11.9. The number of hydrogen-bond acceptors (Lipinski definition) is 6. The Morgan fingerprint density at radius 3 is 2.62 bits per heavy atom. The van der Waals surface area contributed by atoms with Gasteiger partial charge in [-0.15, -0.1) is 10.2 Å². The lowest BCUT2D eigenvalue weighted by molar-refractivity contribution is 0.416. The van der Waals surface area contributed by atoms with Crippen LogP contribution in [0, 0.1) is 6.92 Å². The van der Waals surface area contributed by atoms with Crippen molar-refractivity contribution in [1.82, 2.24) is 24.1 Å². The number of ether oxygens (including phenoxy) is 1. The monoisotopic (exact) mass is 489 g/mol. The molecule has 0 aliphatic carbocycles. The van der Waals surface area contributed by atoms with E-state index in [1.165, 1.54) is 22.2 Å². The molecular weight excluding hydrogens is 470 g/mol. The fourth-order valence-corrected chi connectivity index (χ4v) is 4.64. The Hall–Kier alpha value is -3.62. The van der Waals surface area contributed by atoms with Crippen LogP contribution in [0.4, 0.5) is 0 Å². The number of fused-ring (bicyclic) bond motifs is 1. The highest BCUT2D eigenvalue weighted by Gasteiger charge is 2.19. The van der Waals surface area contributed by atoms with E-state index in [9.17, 15) is 4.79 Å². The summed E-state index contributed by atoms with van der Waals surface area (Å²) in [4.78, 5) is 17.2. The standard InChI is InChI=1S/C25H20ClN5O2S/c1-16-7-10-19(11-8-16)31-24(20-5-3-4-6-21(20)33-2)28-29-25(31)34-15-18-13-23(32)30-14-17(26)9-12-22(30)27-18/h3-14H,15H2,1-2H3. The Bertz CT molecular complexity index is 1550. The van der Waals surface area contributed by atoms with E-state index in [0.717, 1.165) is 16.8 Å². The summed E-state index contributed by atoms with van der Waals surface area (Å²) < 4.78 is 9.00. The molecule has 9 heteroatoms. The smallest absolute Gasteiger partial charge is 0.258 e. The van der Waals surface area contributed by atoms with Crippen molar-refractivity contribution in [1.29, 1.82) is 0 Å². The van der Waals surface area contributed by atoms with Gasteiger partial charge >= 0.3 is 0 Å². The van der Waals surface area contributed by atoms with Gasteiger partial charge in [-0.25, -0.2) is 4.98 Å². The molecule has 0 radical (unpaired) electrons. The average molecular weight is 490 g/mol. The number of nitrogens with zero attached hydrogens (tertiary/aromatic N) is 5. The van der Waals surface area contributed by atoms with Crippen molar-refractivity contribution in [2.75, 3.05) is 7.11 Å². The summed E-state index contributed by atoms with van der Waals surface area (Å²) in [6, 6.07) is 20.8. The van der Waals surface area contributed by atoms with Gasteiger partial charge in [0.1, 0.15) is 11.4 Å². The molecular formula is C25H20ClN5O2S. The molecule has 0 saturated heterocycles. The molecule has 3 aromatic heterocycles. The molecule has 0 bridgehead atoms. The molecule has 0 N–H and O–H groups in total. The molecule has 0 amide bonds. The lowest BCUT2D eigenvalue weighted by Gasteiger charge is -2.13. The molecule has 0 spiro atoms. The van der Waals surface area contributed by atoms with Crippen LogP contribution in [-0.4, -0.2) is 31.3 Å². The molecule has 5 aromatic rings. The van der Waals surface area contributed by atoms with Gasteiger partial charge in [0.05, 0.1) is 23.4 Å². The van der Waals surface area contributed by atoms with Gasteiger partial charge in [0.15, 0.2) is 11.0 Å². The predicted octanol–water partition coefficient (Wildman–Crippen LogP) is 5.20. The number of thioether (sulfide) groups is 1. The van der Waals surface area contributed by atoms with E-state index in [0.29, 0.717) is 38.8 Å². The topological polar surface area (TPSA) is 74.3 Å². The van der Waals surface area contributed by atoms with Crippen LogP contribution < -0.4 is 10.3 Å². The minimum Gasteiger partial charge on any atom is -0.496 e. The van der Waals surface area contributed by atoms with Crippen molar-refractivity contribution in [2.24, 2.45) is 0 Å². The number of aryl methyl sites for hydroxylation is 1. The lowest BCUT2D eigenvalue weighted by Crippen LogP contribution is -2.15. The highest BCUT2D eigenvalue weighted by atomic mass is 35.5. The molecule has 0 saturated carbocycles. The Morgan fingerprint density at radius 1 is 1.03 bits per heavy atom. The van der Waals surface area contributed by atoms with Crippen molar-refractivity contribution in [3.8, 4) is 22.8 Å². The number of rotatable bonds is 6. The average Bonchev–Trinajstić information content (AvgIpc) is 3.27. The fraction of sp³-hybridized carbons (Fsp3) is 0.120. The van der Waals surface area contributed by atoms with Gasteiger partial charge in [0, 0.05) is 23.7 Å². The second kappa shape index (κ2) is 9.32. The maximum atomic E-state index is 12.6. The zero-order valence-electron chi connectivity index (χ0n) is 18.5. The molecule has 0 atom stereocenters. The van der Waals surface area contributed by atoms with Crippen molar-refractivity contribution < 1.29 is 4.74 Å². The van der Waals surface area contributed by atoms with Crippen LogP contribution in [0.3, 0.4) is 0 Å². The molecule has 5 rings (SSSR count). The molecule has 34 heavy (non-hydrogen) atoms. The van der Waals surface area contributed by atoms with Crippen LogP contribution in [-0.2, 0) is 5.75 Å². The maximum absolute atomic E-state index is 12.6. The minimum atomic E-state index is -0.183. The van der Waals surface area contributed by atoms with Crippen LogP contribution in [0.5, 0.6) is 5.75 Å². The molecule has 0 unspecified atom stereocenters. The maximum Gasteiger partial charge on any atom is 0.258 e. The number of para-hydroxylation sites is 1. The molecule has 0 aliphatic heterocycles. The van der Waals surface area contributed by atoms with Gasteiger partial charge in [-0.2, -0.15) is 0 Å². The number of aromatic nitrogens is 5. The summed E-state index contributed by atoms with van der Waals surface area (Å²) >= 11 is 7.47. The normalized spacial score (nSPS) is 11.1. The van der Waals surface area contributed by atoms with E-state index in [1.54, 1.807) is 25.4 Å². The van der Waals surface area contributed by atoms with Crippen molar-refractivity contribution in [2.45, 2.75) is 17.8 Å². The second-order valence-corrected chi connectivity index (χ2v) is 9.01. The van der Waals surface area contributed by atoms with E-state index in [-0.39, 0.29) is 5.56 Å². The molecule has 0 fully saturated rings. The first kappa shape index (κ1) is 22.2. The SMILES string of the molecule is COc1ccccc1-c1nnc(SCc2cc(=O)n3cc(Cl)ccc3n2)n1-c1ccc(C)cc1.